The molecule has 0 fully saturated rings. The van der Waals surface area contributed by atoms with Gasteiger partial charge < -0.3 is 10.4 Å². The third-order valence-corrected chi connectivity index (χ3v) is 9.83. The fourth-order valence-corrected chi connectivity index (χ4v) is 6.74. The lowest BCUT2D eigenvalue weighted by atomic mass is 10.0. The molecule has 48 heavy (non-hydrogen) atoms. The molecule has 0 aliphatic rings. The van der Waals surface area contributed by atoms with Crippen LogP contribution in [0.15, 0.2) is 36.5 Å². The number of amides is 1. The van der Waals surface area contributed by atoms with Crippen LogP contribution in [0.3, 0.4) is 0 Å². The molecule has 1 amide bonds. The number of unbranched alkanes of at least 4 members (excludes halogenated alkanes) is 24. The molecule has 0 saturated carbocycles. The van der Waals surface area contributed by atoms with Crippen LogP contribution in [0, 0.1) is 0 Å². The monoisotopic (exact) mass is 696 g/mol. The summed E-state index contributed by atoms with van der Waals surface area (Å²) in [6.45, 7) is 4.52. The molecule has 0 aliphatic heterocycles. The van der Waals surface area contributed by atoms with Crippen molar-refractivity contribution in [2.75, 3.05) is 5.75 Å². The summed E-state index contributed by atoms with van der Waals surface area (Å²) in [5.74, 6) is -1.00. The van der Waals surface area contributed by atoms with Crippen molar-refractivity contribution in [3.63, 3.8) is 0 Å². The largest absolute Gasteiger partial charge is 0.387 e. The first-order valence-electron chi connectivity index (χ1n) is 20.2. The van der Waals surface area contributed by atoms with Gasteiger partial charge in [0.1, 0.15) is 0 Å². The summed E-state index contributed by atoms with van der Waals surface area (Å²) in [5.41, 5.74) is 0. The number of hydrogen-bond donors (Lipinski definition) is 3. The van der Waals surface area contributed by atoms with E-state index in [1.165, 1.54) is 141 Å². The van der Waals surface area contributed by atoms with Crippen LogP contribution in [0.5, 0.6) is 0 Å². The molecule has 3 N–H and O–H groups in total. The van der Waals surface area contributed by atoms with Crippen molar-refractivity contribution in [2.45, 2.75) is 212 Å². The summed E-state index contributed by atoms with van der Waals surface area (Å²) in [5, 5.41) is 13.2. The van der Waals surface area contributed by atoms with Crippen molar-refractivity contribution in [1.29, 1.82) is 0 Å². The third-order valence-electron chi connectivity index (χ3n) is 9.05. The van der Waals surface area contributed by atoms with Crippen LogP contribution in [0.25, 0.3) is 0 Å². The van der Waals surface area contributed by atoms with Crippen molar-refractivity contribution in [3.05, 3.63) is 36.5 Å². The molecule has 2 atom stereocenters. The van der Waals surface area contributed by atoms with Gasteiger partial charge in [0.15, 0.2) is 0 Å². The van der Waals surface area contributed by atoms with Gasteiger partial charge in [-0.3, -0.25) is 9.35 Å². The Balaban J connectivity index is 4.00. The van der Waals surface area contributed by atoms with E-state index in [1.807, 2.05) is 0 Å². The Labute approximate surface area is 297 Å². The highest BCUT2D eigenvalue weighted by Crippen LogP contribution is 2.14. The molecule has 282 valence electrons. The summed E-state index contributed by atoms with van der Waals surface area (Å²) in [6.07, 6.45) is 45.6. The van der Waals surface area contributed by atoms with Gasteiger partial charge in [-0.15, -0.1) is 0 Å². The number of allylic oxidation sites excluding steroid dienone is 5. The van der Waals surface area contributed by atoms with E-state index in [0.29, 0.717) is 6.42 Å². The maximum atomic E-state index is 12.5. The van der Waals surface area contributed by atoms with Crippen LogP contribution in [-0.2, 0) is 14.9 Å². The summed E-state index contributed by atoms with van der Waals surface area (Å²) in [7, 11) is -4.35. The first-order chi connectivity index (χ1) is 23.3. The molecule has 0 saturated heterocycles. The Bertz CT molecular complexity index is 899. The lowest BCUT2D eigenvalue weighted by molar-refractivity contribution is -0.122. The maximum absolute atomic E-state index is 12.5. The third kappa shape index (κ3) is 35.9. The molecular formula is C41H77NO5S. The van der Waals surface area contributed by atoms with Crippen LogP contribution in [0.1, 0.15) is 200 Å². The first kappa shape index (κ1) is 46.6. The van der Waals surface area contributed by atoms with Gasteiger partial charge >= 0.3 is 0 Å². The minimum absolute atomic E-state index is 0.288. The van der Waals surface area contributed by atoms with Gasteiger partial charge in [-0.2, -0.15) is 8.42 Å². The summed E-state index contributed by atoms with van der Waals surface area (Å²) >= 11 is 0. The highest BCUT2D eigenvalue weighted by molar-refractivity contribution is 7.85. The Morgan fingerprint density at radius 1 is 0.542 bits per heavy atom. The molecule has 0 aromatic carbocycles. The van der Waals surface area contributed by atoms with Crippen LogP contribution in [0.2, 0.25) is 0 Å². The first-order valence-corrected chi connectivity index (χ1v) is 21.8. The predicted octanol–water partition coefficient (Wildman–Crippen LogP) is 11.7. The second kappa shape index (κ2) is 35.4. The molecule has 2 unspecified atom stereocenters. The SMILES string of the molecule is CCCCCCCCCC/C=C/CC/C=C/CC/C=C/C(O)C(CS(=O)(=O)O)NC(=O)CCCCCCCCCCCCCCCCC. The maximum Gasteiger partial charge on any atom is 0.267 e. The van der Waals surface area contributed by atoms with Crippen LogP contribution in [0.4, 0.5) is 0 Å². The topological polar surface area (TPSA) is 104 Å². The van der Waals surface area contributed by atoms with Gasteiger partial charge in [-0.25, -0.2) is 0 Å². The molecule has 6 nitrogen and oxygen atoms in total. The highest BCUT2D eigenvalue weighted by Gasteiger charge is 2.24. The van der Waals surface area contributed by atoms with E-state index in [-0.39, 0.29) is 12.3 Å². The number of carbonyl (C=O) groups is 1. The summed E-state index contributed by atoms with van der Waals surface area (Å²) in [6, 6.07) is -1.08. The quantitative estimate of drug-likeness (QED) is 0.0344. The van der Waals surface area contributed by atoms with Gasteiger partial charge in [-0.1, -0.05) is 185 Å². The van der Waals surface area contributed by atoms with Crippen molar-refractivity contribution in [2.24, 2.45) is 0 Å². The molecule has 0 rings (SSSR count). The van der Waals surface area contributed by atoms with Gasteiger partial charge in [0.25, 0.3) is 10.1 Å². The Morgan fingerprint density at radius 2 is 0.896 bits per heavy atom. The van der Waals surface area contributed by atoms with E-state index in [1.54, 1.807) is 6.08 Å². The van der Waals surface area contributed by atoms with Crippen molar-refractivity contribution >= 4 is 16.0 Å². The number of rotatable bonds is 36. The Kier molecular flexibility index (Phi) is 34.3. The van der Waals surface area contributed by atoms with Gasteiger partial charge in [0.05, 0.1) is 17.9 Å². The smallest absolute Gasteiger partial charge is 0.267 e. The average molecular weight is 696 g/mol. The fraction of sp³-hybridized carbons (Fsp3) is 0.829. The van der Waals surface area contributed by atoms with Crippen LogP contribution in [-0.4, -0.2) is 41.9 Å². The fourth-order valence-electron chi connectivity index (χ4n) is 6.01. The van der Waals surface area contributed by atoms with Crippen molar-refractivity contribution in [1.82, 2.24) is 5.32 Å². The zero-order chi connectivity index (χ0) is 35.4. The van der Waals surface area contributed by atoms with Crippen LogP contribution >= 0.6 is 0 Å². The normalized spacial score (nSPS) is 13.7. The van der Waals surface area contributed by atoms with Crippen molar-refractivity contribution < 1.29 is 22.9 Å². The van der Waals surface area contributed by atoms with Crippen molar-refractivity contribution in [3.8, 4) is 0 Å². The summed E-state index contributed by atoms with van der Waals surface area (Å²) in [4.78, 5) is 12.5. The Morgan fingerprint density at radius 3 is 1.31 bits per heavy atom. The van der Waals surface area contributed by atoms with Gasteiger partial charge in [-0.05, 0) is 44.9 Å². The zero-order valence-electron chi connectivity index (χ0n) is 31.4. The number of nitrogens with one attached hydrogen (secondary N) is 1. The van der Waals surface area contributed by atoms with E-state index < -0.39 is 28.0 Å². The molecular weight excluding hydrogens is 619 g/mol. The lowest BCUT2D eigenvalue weighted by Crippen LogP contribution is -2.46. The highest BCUT2D eigenvalue weighted by atomic mass is 32.2. The molecule has 0 aromatic heterocycles. The molecule has 0 aromatic rings. The molecule has 0 spiro atoms. The number of aliphatic hydroxyl groups excluding tert-OH is 1. The summed E-state index contributed by atoms with van der Waals surface area (Å²) < 4.78 is 32.4. The van der Waals surface area contributed by atoms with E-state index in [4.69, 9.17) is 0 Å². The minimum Gasteiger partial charge on any atom is -0.387 e. The number of aliphatic hydroxyl groups is 1. The molecule has 7 heteroatoms. The van der Waals surface area contributed by atoms with E-state index in [2.05, 4.69) is 43.5 Å². The Hall–Kier alpha value is -1.44. The second-order valence-corrected chi connectivity index (χ2v) is 15.4. The lowest BCUT2D eigenvalue weighted by Gasteiger charge is -2.21. The second-order valence-electron chi connectivity index (χ2n) is 13.9. The van der Waals surface area contributed by atoms with E-state index in [9.17, 15) is 22.9 Å². The van der Waals surface area contributed by atoms with E-state index >= 15 is 0 Å². The van der Waals surface area contributed by atoms with Crippen LogP contribution < -0.4 is 5.32 Å². The van der Waals surface area contributed by atoms with Gasteiger partial charge in [0, 0.05) is 6.42 Å². The molecule has 0 heterocycles. The van der Waals surface area contributed by atoms with Gasteiger partial charge in [0.2, 0.25) is 5.91 Å². The predicted molar refractivity (Wildman–Crippen MR) is 207 cm³/mol. The zero-order valence-corrected chi connectivity index (χ0v) is 32.2. The molecule has 0 aliphatic carbocycles. The number of carbonyl (C=O) groups excluding carboxylic acids is 1. The standard InChI is InChI=1S/C41H77NO5S/c1-3-5-7-9-11-13-15-17-19-20-21-23-24-26-28-30-32-34-36-40(43)39(38-48(45,46)47)42-41(44)37-35-33-31-29-27-25-22-18-16-14-12-10-8-6-4-2/h20-21,26,28,34,36,39-40,43H,3-19,22-25,27,29-33,35,37-38H2,1-2H3,(H,42,44)(H,45,46,47)/b21-20+,28-26+,36-34+. The molecule has 0 radical (unpaired) electrons. The average Bonchev–Trinajstić information content (AvgIpc) is 3.05. The van der Waals surface area contributed by atoms with E-state index in [0.717, 1.165) is 38.5 Å². The molecule has 0 bridgehead atoms. The number of hydrogen-bond acceptors (Lipinski definition) is 4. The minimum atomic E-state index is -4.35.